The van der Waals surface area contributed by atoms with Gasteiger partial charge in [-0.2, -0.15) is 13.2 Å². The molecule has 0 spiro atoms. The molecule has 1 saturated heterocycles. The van der Waals surface area contributed by atoms with Crippen LogP contribution in [0.1, 0.15) is 18.4 Å². The van der Waals surface area contributed by atoms with Gasteiger partial charge < -0.3 is 9.80 Å². The summed E-state index contributed by atoms with van der Waals surface area (Å²) in [5.41, 5.74) is -0.569. The van der Waals surface area contributed by atoms with Crippen molar-refractivity contribution < 1.29 is 13.2 Å². The van der Waals surface area contributed by atoms with E-state index in [-0.39, 0.29) is 5.52 Å². The minimum absolute atomic E-state index is 0.0738. The third kappa shape index (κ3) is 2.92. The first kappa shape index (κ1) is 15.6. The van der Waals surface area contributed by atoms with Crippen LogP contribution >= 0.6 is 11.3 Å². The summed E-state index contributed by atoms with van der Waals surface area (Å²) in [4.78, 5) is 8.59. The van der Waals surface area contributed by atoms with Crippen LogP contribution in [-0.4, -0.2) is 43.1 Å². The van der Waals surface area contributed by atoms with E-state index in [9.17, 15) is 13.2 Å². The smallest absolute Gasteiger partial charge is 0.348 e. The van der Waals surface area contributed by atoms with E-state index in [0.717, 1.165) is 32.0 Å². The van der Waals surface area contributed by atoms with E-state index in [4.69, 9.17) is 0 Å². The zero-order chi connectivity index (χ0) is 15.9. The summed E-state index contributed by atoms with van der Waals surface area (Å²) in [7, 11) is 4.13. The van der Waals surface area contributed by atoms with Gasteiger partial charge in [0.1, 0.15) is 0 Å². The van der Waals surface area contributed by atoms with E-state index in [2.05, 4.69) is 28.9 Å². The zero-order valence-corrected chi connectivity index (χ0v) is 13.3. The average molecular weight is 329 g/mol. The molecule has 0 radical (unpaired) electrons. The molecule has 120 valence electrons. The number of para-hydroxylation sites is 1. The van der Waals surface area contributed by atoms with Crippen molar-refractivity contribution in [2.45, 2.75) is 25.1 Å². The summed E-state index contributed by atoms with van der Waals surface area (Å²) in [5, 5.41) is 0.698. The Labute approximate surface area is 131 Å². The predicted molar refractivity (Wildman–Crippen MR) is 83.5 cm³/mol. The first-order valence-electron chi connectivity index (χ1n) is 7.24. The Hall–Kier alpha value is -1.34. The number of rotatable bonds is 2. The summed E-state index contributed by atoms with van der Waals surface area (Å²) in [6.07, 6.45) is -2.34. The molecule has 0 amide bonds. The van der Waals surface area contributed by atoms with Gasteiger partial charge in [0.2, 0.25) is 0 Å². The van der Waals surface area contributed by atoms with Crippen LogP contribution in [0.15, 0.2) is 18.2 Å². The SMILES string of the molecule is CN(C)C1CCN(c2nc3c(C(F)(F)F)cccc3s2)CC1. The normalized spacial score (nSPS) is 17.6. The lowest BCUT2D eigenvalue weighted by molar-refractivity contribution is -0.136. The second-order valence-corrected chi connectivity index (χ2v) is 6.84. The molecule has 2 aromatic rings. The maximum atomic E-state index is 13.1. The van der Waals surface area contributed by atoms with Crippen LogP contribution in [-0.2, 0) is 6.18 Å². The van der Waals surface area contributed by atoms with Gasteiger partial charge in [-0.15, -0.1) is 0 Å². The van der Waals surface area contributed by atoms with Gasteiger partial charge >= 0.3 is 6.18 Å². The van der Waals surface area contributed by atoms with Gasteiger partial charge in [-0.05, 0) is 39.1 Å². The van der Waals surface area contributed by atoms with Gasteiger partial charge in [-0.1, -0.05) is 17.4 Å². The molecular formula is C15H18F3N3S. The summed E-state index contributed by atoms with van der Waals surface area (Å²) < 4.78 is 39.8. The fourth-order valence-electron chi connectivity index (χ4n) is 2.87. The number of aromatic nitrogens is 1. The number of thiazole rings is 1. The Morgan fingerprint density at radius 1 is 1.23 bits per heavy atom. The third-order valence-corrected chi connectivity index (χ3v) is 5.26. The molecule has 0 aliphatic carbocycles. The number of halogens is 3. The summed E-state index contributed by atoms with van der Waals surface area (Å²) in [5.74, 6) is 0. The molecule has 1 fully saturated rings. The first-order chi connectivity index (χ1) is 10.4. The van der Waals surface area contributed by atoms with Crippen molar-refractivity contribution in [3.8, 4) is 0 Å². The summed E-state index contributed by atoms with van der Waals surface area (Å²) in [6, 6.07) is 4.80. The first-order valence-corrected chi connectivity index (χ1v) is 8.06. The maximum absolute atomic E-state index is 13.1. The van der Waals surface area contributed by atoms with Crippen LogP contribution in [0, 0.1) is 0 Å². The van der Waals surface area contributed by atoms with Crippen LogP contribution in [0.4, 0.5) is 18.3 Å². The Morgan fingerprint density at radius 2 is 1.91 bits per heavy atom. The van der Waals surface area contributed by atoms with E-state index in [0.29, 0.717) is 15.9 Å². The molecule has 0 atom stereocenters. The molecule has 2 heterocycles. The molecule has 7 heteroatoms. The van der Waals surface area contributed by atoms with Crippen molar-refractivity contribution in [2.24, 2.45) is 0 Å². The highest BCUT2D eigenvalue weighted by molar-refractivity contribution is 7.22. The molecule has 0 N–H and O–H groups in total. The van der Waals surface area contributed by atoms with Crippen LogP contribution in [0.25, 0.3) is 10.2 Å². The Bertz CT molecular complexity index is 658. The number of piperidine rings is 1. The molecule has 1 aliphatic rings. The van der Waals surface area contributed by atoms with Crippen molar-refractivity contribution >= 4 is 26.7 Å². The molecule has 1 aromatic heterocycles. The predicted octanol–water partition coefficient (Wildman–Crippen LogP) is 3.85. The molecule has 1 aromatic carbocycles. The molecular weight excluding hydrogens is 311 g/mol. The monoisotopic (exact) mass is 329 g/mol. The fourth-order valence-corrected chi connectivity index (χ4v) is 3.92. The summed E-state index contributed by atoms with van der Waals surface area (Å²) in [6.45, 7) is 1.67. The number of anilines is 1. The van der Waals surface area contributed by atoms with Crippen molar-refractivity contribution in [2.75, 3.05) is 32.1 Å². The number of nitrogens with zero attached hydrogens (tertiary/aromatic N) is 3. The minimum atomic E-state index is -4.36. The lowest BCUT2D eigenvalue weighted by Gasteiger charge is -2.34. The zero-order valence-electron chi connectivity index (χ0n) is 12.5. The van der Waals surface area contributed by atoms with Gasteiger partial charge in [-0.25, -0.2) is 4.98 Å². The Kier molecular flexibility index (Phi) is 4.03. The number of benzene rings is 1. The summed E-state index contributed by atoms with van der Waals surface area (Å²) >= 11 is 1.34. The fraction of sp³-hybridized carbons (Fsp3) is 0.533. The van der Waals surface area contributed by atoms with Crippen molar-refractivity contribution in [1.29, 1.82) is 0 Å². The lowest BCUT2D eigenvalue weighted by Crippen LogP contribution is -2.41. The van der Waals surface area contributed by atoms with Crippen LogP contribution in [0.3, 0.4) is 0 Å². The molecule has 3 nitrogen and oxygen atoms in total. The highest BCUT2D eigenvalue weighted by atomic mass is 32.1. The minimum Gasteiger partial charge on any atom is -0.348 e. The Morgan fingerprint density at radius 3 is 2.50 bits per heavy atom. The third-order valence-electron chi connectivity index (χ3n) is 4.18. The van der Waals surface area contributed by atoms with Crippen molar-refractivity contribution in [1.82, 2.24) is 9.88 Å². The molecule has 0 saturated carbocycles. The largest absolute Gasteiger partial charge is 0.418 e. The standard InChI is InChI=1S/C15H18F3N3S/c1-20(2)10-6-8-21(9-7-10)14-19-13-11(15(16,17)18)4-3-5-12(13)22-14/h3-5,10H,6-9H2,1-2H3. The molecule has 22 heavy (non-hydrogen) atoms. The van der Waals surface area contributed by atoms with Crippen LogP contribution < -0.4 is 4.90 Å². The van der Waals surface area contributed by atoms with Gasteiger partial charge in [0.25, 0.3) is 0 Å². The number of fused-ring (bicyclic) bond motifs is 1. The lowest BCUT2D eigenvalue weighted by atomic mass is 10.0. The average Bonchev–Trinajstić information content (AvgIpc) is 2.90. The second kappa shape index (κ2) is 5.70. The van der Waals surface area contributed by atoms with Gasteiger partial charge in [0, 0.05) is 19.1 Å². The highest BCUT2D eigenvalue weighted by Crippen LogP contribution is 2.38. The van der Waals surface area contributed by atoms with Crippen molar-refractivity contribution in [3.63, 3.8) is 0 Å². The van der Waals surface area contributed by atoms with E-state index in [1.807, 2.05) is 0 Å². The quantitative estimate of drug-likeness (QED) is 0.834. The number of hydrogen-bond acceptors (Lipinski definition) is 4. The molecule has 3 rings (SSSR count). The Balaban J connectivity index is 1.87. The van der Waals surface area contributed by atoms with Crippen LogP contribution in [0.2, 0.25) is 0 Å². The van der Waals surface area contributed by atoms with Gasteiger partial charge in [0.15, 0.2) is 5.13 Å². The van der Waals surface area contributed by atoms with E-state index in [1.165, 1.54) is 17.4 Å². The molecule has 0 unspecified atom stereocenters. The maximum Gasteiger partial charge on any atom is 0.418 e. The van der Waals surface area contributed by atoms with E-state index >= 15 is 0 Å². The van der Waals surface area contributed by atoms with Crippen molar-refractivity contribution in [3.05, 3.63) is 23.8 Å². The van der Waals surface area contributed by atoms with E-state index in [1.54, 1.807) is 6.07 Å². The molecule has 1 aliphatic heterocycles. The highest BCUT2D eigenvalue weighted by Gasteiger charge is 2.34. The number of hydrogen-bond donors (Lipinski definition) is 0. The van der Waals surface area contributed by atoms with Gasteiger partial charge in [-0.3, -0.25) is 0 Å². The van der Waals surface area contributed by atoms with Crippen LogP contribution in [0.5, 0.6) is 0 Å². The molecule has 0 bridgehead atoms. The van der Waals surface area contributed by atoms with Gasteiger partial charge in [0.05, 0.1) is 15.8 Å². The second-order valence-electron chi connectivity index (χ2n) is 5.83. The number of alkyl halides is 3. The topological polar surface area (TPSA) is 19.4 Å². The van der Waals surface area contributed by atoms with E-state index < -0.39 is 11.7 Å².